The van der Waals surface area contributed by atoms with Gasteiger partial charge in [0.1, 0.15) is 5.69 Å². The van der Waals surface area contributed by atoms with E-state index in [1.807, 2.05) is 0 Å². The van der Waals surface area contributed by atoms with Crippen molar-refractivity contribution in [3.63, 3.8) is 0 Å². The standard InChI is InChI=1S/C13H20N6/c1-14-15-13-12-10-9-17(2)8-5-11(10)16-19(12)7-4-6-18(13)3/h1,4-9H2,2-3H3/b15-13-. The van der Waals surface area contributed by atoms with Gasteiger partial charge in [-0.05, 0) is 13.5 Å². The summed E-state index contributed by atoms with van der Waals surface area (Å²) in [4.78, 5) is 4.48. The van der Waals surface area contributed by atoms with E-state index in [9.17, 15) is 0 Å². The Balaban J connectivity index is 2.15. The van der Waals surface area contributed by atoms with Crippen LogP contribution in [0.3, 0.4) is 0 Å². The van der Waals surface area contributed by atoms with Crippen LogP contribution in [0.15, 0.2) is 10.2 Å². The third-order valence-electron chi connectivity index (χ3n) is 3.89. The lowest BCUT2D eigenvalue weighted by molar-refractivity contribution is 0.311. The van der Waals surface area contributed by atoms with Gasteiger partial charge in [0.05, 0.1) is 5.69 Å². The molecule has 1 aromatic rings. The lowest BCUT2D eigenvalue weighted by atomic mass is 10.1. The van der Waals surface area contributed by atoms with Crippen molar-refractivity contribution in [3.05, 3.63) is 17.0 Å². The molecule has 1 aromatic heterocycles. The predicted octanol–water partition coefficient (Wildman–Crippen LogP) is 0.569. The number of fused-ring (bicyclic) bond motifs is 3. The van der Waals surface area contributed by atoms with E-state index in [4.69, 9.17) is 5.10 Å². The summed E-state index contributed by atoms with van der Waals surface area (Å²) in [5, 5.41) is 12.8. The molecule has 6 nitrogen and oxygen atoms in total. The topological polar surface area (TPSA) is 49.0 Å². The average molecular weight is 260 g/mol. The van der Waals surface area contributed by atoms with Gasteiger partial charge in [-0.25, -0.2) is 0 Å². The Labute approximate surface area is 113 Å². The summed E-state index contributed by atoms with van der Waals surface area (Å²) in [5.74, 6) is 0.900. The first-order valence-corrected chi connectivity index (χ1v) is 6.73. The molecule has 19 heavy (non-hydrogen) atoms. The van der Waals surface area contributed by atoms with Crippen LogP contribution in [0, 0.1) is 0 Å². The maximum Gasteiger partial charge on any atom is 0.176 e. The Morgan fingerprint density at radius 2 is 2.05 bits per heavy atom. The largest absolute Gasteiger partial charge is 0.356 e. The van der Waals surface area contributed by atoms with E-state index >= 15 is 0 Å². The molecule has 102 valence electrons. The molecule has 0 spiro atoms. The highest BCUT2D eigenvalue weighted by Crippen LogP contribution is 2.25. The molecule has 3 heterocycles. The van der Waals surface area contributed by atoms with Gasteiger partial charge in [0.2, 0.25) is 0 Å². The molecule has 0 fully saturated rings. The van der Waals surface area contributed by atoms with E-state index in [0.717, 1.165) is 50.6 Å². The normalized spacial score (nSPS) is 22.0. The van der Waals surface area contributed by atoms with Crippen LogP contribution in [-0.4, -0.2) is 59.3 Å². The van der Waals surface area contributed by atoms with Crippen LogP contribution in [0.25, 0.3) is 0 Å². The van der Waals surface area contributed by atoms with Gasteiger partial charge in [-0.15, -0.1) is 5.10 Å². The SMILES string of the molecule is C=N/N=C1/c2c3c(nn2CCCN1C)CCN(C)C3. The van der Waals surface area contributed by atoms with Crippen molar-refractivity contribution in [2.24, 2.45) is 10.2 Å². The number of likely N-dealkylation sites (N-methyl/N-ethyl adjacent to an activating group) is 1. The fourth-order valence-corrected chi connectivity index (χ4v) is 2.91. The second-order valence-electron chi connectivity index (χ2n) is 5.32. The minimum Gasteiger partial charge on any atom is -0.356 e. The number of nitrogens with zero attached hydrogens (tertiary/aromatic N) is 6. The molecule has 0 saturated heterocycles. The summed E-state index contributed by atoms with van der Waals surface area (Å²) in [7, 11) is 4.21. The van der Waals surface area contributed by atoms with Gasteiger partial charge in [-0.2, -0.15) is 10.2 Å². The van der Waals surface area contributed by atoms with Crippen molar-refractivity contribution in [2.75, 3.05) is 27.2 Å². The molecule has 0 amide bonds. The maximum atomic E-state index is 4.77. The Bertz CT molecular complexity index is 529. The van der Waals surface area contributed by atoms with Gasteiger partial charge in [-0.3, -0.25) is 4.68 Å². The summed E-state index contributed by atoms with van der Waals surface area (Å²) in [5.41, 5.74) is 3.67. The summed E-state index contributed by atoms with van der Waals surface area (Å²) >= 11 is 0. The van der Waals surface area contributed by atoms with Crippen molar-refractivity contribution in [2.45, 2.75) is 25.9 Å². The van der Waals surface area contributed by atoms with E-state index in [2.05, 4.69) is 45.5 Å². The third-order valence-corrected chi connectivity index (χ3v) is 3.89. The fraction of sp³-hybridized carbons (Fsp3) is 0.615. The van der Waals surface area contributed by atoms with Crippen molar-refractivity contribution < 1.29 is 0 Å². The summed E-state index contributed by atoms with van der Waals surface area (Å²) in [6, 6.07) is 0. The van der Waals surface area contributed by atoms with E-state index in [-0.39, 0.29) is 0 Å². The molecule has 3 rings (SSSR count). The first kappa shape index (κ1) is 12.3. The summed E-state index contributed by atoms with van der Waals surface area (Å²) in [6.45, 7) is 7.44. The zero-order valence-electron chi connectivity index (χ0n) is 11.6. The first-order chi connectivity index (χ1) is 9.20. The Morgan fingerprint density at radius 1 is 1.21 bits per heavy atom. The first-order valence-electron chi connectivity index (χ1n) is 6.73. The lowest BCUT2D eigenvalue weighted by Crippen LogP contribution is -2.31. The fourth-order valence-electron chi connectivity index (χ4n) is 2.91. The average Bonchev–Trinajstić information content (AvgIpc) is 2.65. The number of amidine groups is 1. The van der Waals surface area contributed by atoms with Gasteiger partial charge in [0, 0.05) is 51.9 Å². The van der Waals surface area contributed by atoms with E-state index < -0.39 is 0 Å². The predicted molar refractivity (Wildman–Crippen MR) is 75.6 cm³/mol. The third kappa shape index (κ3) is 2.06. The van der Waals surface area contributed by atoms with Gasteiger partial charge in [0.25, 0.3) is 0 Å². The molecule has 0 atom stereocenters. The summed E-state index contributed by atoms with van der Waals surface area (Å²) < 4.78 is 2.11. The monoisotopic (exact) mass is 260 g/mol. The van der Waals surface area contributed by atoms with Gasteiger partial charge in [0.15, 0.2) is 5.84 Å². The molecule has 6 heteroatoms. The van der Waals surface area contributed by atoms with Gasteiger partial charge in [-0.1, -0.05) is 0 Å². The van der Waals surface area contributed by atoms with Crippen molar-refractivity contribution >= 4 is 12.6 Å². The lowest BCUT2D eigenvalue weighted by Gasteiger charge is -2.23. The zero-order chi connectivity index (χ0) is 13.4. The van der Waals surface area contributed by atoms with Crippen molar-refractivity contribution in [3.8, 4) is 0 Å². The minimum absolute atomic E-state index is 0.900. The smallest absolute Gasteiger partial charge is 0.176 e. The molecule has 0 N–H and O–H groups in total. The Morgan fingerprint density at radius 3 is 2.84 bits per heavy atom. The molecular formula is C13H20N6. The number of hydrogen-bond donors (Lipinski definition) is 0. The minimum atomic E-state index is 0.900. The van der Waals surface area contributed by atoms with Crippen molar-refractivity contribution in [1.82, 2.24) is 19.6 Å². The van der Waals surface area contributed by atoms with Crippen LogP contribution in [-0.2, 0) is 19.5 Å². The highest BCUT2D eigenvalue weighted by molar-refractivity contribution is 5.99. The molecule has 0 radical (unpaired) electrons. The highest BCUT2D eigenvalue weighted by Gasteiger charge is 2.29. The maximum absolute atomic E-state index is 4.77. The molecule has 0 aromatic carbocycles. The number of rotatable bonds is 1. The second-order valence-corrected chi connectivity index (χ2v) is 5.32. The van der Waals surface area contributed by atoms with E-state index in [0.29, 0.717) is 0 Å². The van der Waals surface area contributed by atoms with Crippen LogP contribution >= 0.6 is 0 Å². The van der Waals surface area contributed by atoms with Crippen molar-refractivity contribution in [1.29, 1.82) is 0 Å². The molecule has 2 aliphatic heterocycles. The second kappa shape index (κ2) is 4.77. The Hall–Kier alpha value is -1.69. The number of hydrogen-bond acceptors (Lipinski definition) is 4. The van der Waals surface area contributed by atoms with Gasteiger partial charge >= 0.3 is 0 Å². The zero-order valence-corrected chi connectivity index (χ0v) is 11.6. The van der Waals surface area contributed by atoms with Crippen LogP contribution in [0.1, 0.15) is 23.4 Å². The molecule has 2 aliphatic rings. The quantitative estimate of drug-likeness (QED) is 0.548. The highest BCUT2D eigenvalue weighted by atomic mass is 15.4. The molecule has 0 bridgehead atoms. The molecule has 0 aliphatic carbocycles. The molecule has 0 unspecified atom stereocenters. The van der Waals surface area contributed by atoms with E-state index in [1.165, 1.54) is 11.3 Å². The van der Waals surface area contributed by atoms with Crippen LogP contribution < -0.4 is 0 Å². The van der Waals surface area contributed by atoms with Crippen LogP contribution in [0.2, 0.25) is 0 Å². The van der Waals surface area contributed by atoms with Gasteiger partial charge < -0.3 is 9.80 Å². The molecule has 0 saturated carbocycles. The number of aryl methyl sites for hydroxylation is 1. The Kier molecular flexibility index (Phi) is 3.10. The van der Waals surface area contributed by atoms with E-state index in [1.54, 1.807) is 0 Å². The van der Waals surface area contributed by atoms with Crippen LogP contribution in [0.4, 0.5) is 0 Å². The molecular weight excluding hydrogens is 240 g/mol. The number of aromatic nitrogens is 2. The summed E-state index contributed by atoms with van der Waals surface area (Å²) in [6.07, 6.45) is 2.10. The van der Waals surface area contributed by atoms with Crippen LogP contribution in [0.5, 0.6) is 0 Å².